The van der Waals surface area contributed by atoms with E-state index >= 15 is 0 Å². The van der Waals surface area contributed by atoms with E-state index in [0.29, 0.717) is 23.2 Å². The number of hydrogen-bond acceptors (Lipinski definition) is 6. The van der Waals surface area contributed by atoms with Crippen LogP contribution in [0.4, 0.5) is 4.39 Å². The summed E-state index contributed by atoms with van der Waals surface area (Å²) < 4.78 is 36.8. The Morgan fingerprint density at radius 3 is 2.41 bits per heavy atom. The molecule has 1 atom stereocenters. The van der Waals surface area contributed by atoms with Crippen LogP contribution < -0.4 is 4.74 Å². The Morgan fingerprint density at radius 2 is 1.84 bits per heavy atom. The maximum atomic E-state index is 13.7. The quantitative estimate of drug-likeness (QED) is 0.245. The maximum Gasteiger partial charge on any atom is 0.498 e. The lowest BCUT2D eigenvalue weighted by Crippen LogP contribution is -2.41. The van der Waals surface area contributed by atoms with Gasteiger partial charge in [-0.15, -0.1) is 0 Å². The van der Waals surface area contributed by atoms with Crippen LogP contribution >= 0.6 is 0 Å². The molecule has 0 radical (unpaired) electrons. The Labute approximate surface area is 190 Å². The van der Waals surface area contributed by atoms with Crippen molar-refractivity contribution in [3.8, 4) is 5.75 Å². The van der Waals surface area contributed by atoms with Crippen LogP contribution in [0, 0.1) is 5.82 Å². The topological polar surface area (TPSA) is 74.2 Å². The number of esters is 1. The summed E-state index contributed by atoms with van der Waals surface area (Å²) in [5, 5.41) is 10.5. The fourth-order valence-electron chi connectivity index (χ4n) is 3.13. The van der Waals surface area contributed by atoms with Crippen molar-refractivity contribution in [1.82, 2.24) is 0 Å². The Kier molecular flexibility index (Phi) is 8.54. The van der Waals surface area contributed by atoms with Crippen molar-refractivity contribution >= 4 is 13.1 Å². The first-order valence-corrected chi connectivity index (χ1v) is 11.0. The number of ether oxygens (including phenoxy) is 2. The summed E-state index contributed by atoms with van der Waals surface area (Å²) >= 11 is 0. The largest absolute Gasteiger partial charge is 0.513 e. The fourth-order valence-corrected chi connectivity index (χ4v) is 3.13. The number of aliphatic hydroxyl groups excluding tert-OH is 1. The molecule has 0 spiro atoms. The van der Waals surface area contributed by atoms with Crippen molar-refractivity contribution in [2.75, 3.05) is 6.61 Å². The molecular weight excluding hydrogens is 414 g/mol. The van der Waals surface area contributed by atoms with Gasteiger partial charge in [0, 0.05) is 17.5 Å². The minimum absolute atomic E-state index is 0.0902. The fraction of sp³-hybridized carbons (Fsp3) is 0.542. The number of carbonyl (C=O) groups excluding carboxylic acids is 1. The van der Waals surface area contributed by atoms with E-state index in [0.717, 1.165) is 0 Å². The summed E-state index contributed by atoms with van der Waals surface area (Å²) in [5.74, 6) is -0.363. The standard InChI is InChI=1S/C24H34BFO6/c1-8-20(27)19(25-31-23(4,5)24(6,7)32-25)12-10-16(3)30-21-13-11-18(26)14-17(21)15-22(28)29-9-2/h10-14,16,27H,8-9,15H2,1-7H3/b12-10-,20-19-/t16-/m1/s1. The minimum Gasteiger partial charge on any atom is -0.513 e. The summed E-state index contributed by atoms with van der Waals surface area (Å²) in [7, 11) is -0.714. The van der Waals surface area contributed by atoms with Gasteiger partial charge in [-0.2, -0.15) is 0 Å². The molecule has 176 valence electrons. The highest BCUT2D eigenvalue weighted by Gasteiger charge is 2.52. The summed E-state index contributed by atoms with van der Waals surface area (Å²) in [6.45, 7) is 13.4. The van der Waals surface area contributed by atoms with Gasteiger partial charge in [0.15, 0.2) is 0 Å². The molecular formula is C24H34BFO6. The molecule has 1 heterocycles. The van der Waals surface area contributed by atoms with Gasteiger partial charge in [0.2, 0.25) is 0 Å². The predicted molar refractivity (Wildman–Crippen MR) is 122 cm³/mol. The molecule has 0 aromatic heterocycles. The molecule has 0 aliphatic carbocycles. The van der Waals surface area contributed by atoms with E-state index in [1.54, 1.807) is 26.0 Å². The monoisotopic (exact) mass is 448 g/mol. The predicted octanol–water partition coefficient (Wildman–Crippen LogP) is 5.11. The normalized spacial score (nSPS) is 19.1. The molecule has 1 aromatic rings. The molecule has 1 aliphatic rings. The summed E-state index contributed by atoms with van der Waals surface area (Å²) in [5.41, 5.74) is -0.152. The lowest BCUT2D eigenvalue weighted by molar-refractivity contribution is -0.142. The van der Waals surface area contributed by atoms with E-state index in [9.17, 15) is 14.3 Å². The zero-order valence-corrected chi connectivity index (χ0v) is 20.0. The van der Waals surface area contributed by atoms with Crippen LogP contribution in [-0.4, -0.2) is 42.1 Å². The molecule has 1 saturated heterocycles. The lowest BCUT2D eigenvalue weighted by Gasteiger charge is -2.32. The van der Waals surface area contributed by atoms with Crippen LogP contribution in [-0.2, 0) is 25.3 Å². The van der Waals surface area contributed by atoms with Crippen LogP contribution in [0.2, 0.25) is 0 Å². The van der Waals surface area contributed by atoms with Gasteiger partial charge >= 0.3 is 13.1 Å². The van der Waals surface area contributed by atoms with Crippen LogP contribution in [0.3, 0.4) is 0 Å². The van der Waals surface area contributed by atoms with E-state index in [2.05, 4.69) is 0 Å². The van der Waals surface area contributed by atoms with Gasteiger partial charge in [-0.3, -0.25) is 4.79 Å². The number of allylic oxidation sites excluding steroid dienone is 3. The molecule has 0 unspecified atom stereocenters. The maximum absolute atomic E-state index is 13.7. The second-order valence-electron chi connectivity index (χ2n) is 8.76. The van der Waals surface area contributed by atoms with Crippen LogP contribution in [0.15, 0.2) is 41.6 Å². The second-order valence-corrected chi connectivity index (χ2v) is 8.76. The van der Waals surface area contributed by atoms with Crippen molar-refractivity contribution in [1.29, 1.82) is 0 Å². The zero-order valence-electron chi connectivity index (χ0n) is 20.0. The number of hydrogen-bond donors (Lipinski definition) is 1. The molecule has 0 saturated carbocycles. The van der Waals surface area contributed by atoms with Crippen LogP contribution in [0.1, 0.15) is 60.5 Å². The first-order chi connectivity index (χ1) is 14.9. The van der Waals surface area contributed by atoms with Gasteiger partial charge in [0.25, 0.3) is 0 Å². The second kappa shape index (κ2) is 10.5. The number of halogens is 1. The highest BCUT2D eigenvalue weighted by molar-refractivity contribution is 6.55. The average Bonchev–Trinajstić information content (AvgIpc) is 2.91. The van der Waals surface area contributed by atoms with Gasteiger partial charge < -0.3 is 23.9 Å². The van der Waals surface area contributed by atoms with Gasteiger partial charge in [-0.05, 0) is 65.8 Å². The minimum atomic E-state index is -0.714. The molecule has 1 fully saturated rings. The molecule has 8 heteroatoms. The average molecular weight is 448 g/mol. The van der Waals surface area contributed by atoms with E-state index in [1.807, 2.05) is 34.6 Å². The van der Waals surface area contributed by atoms with Crippen LogP contribution in [0.25, 0.3) is 0 Å². The van der Waals surface area contributed by atoms with Crippen molar-refractivity contribution in [3.05, 3.63) is 53.0 Å². The van der Waals surface area contributed by atoms with Gasteiger partial charge in [-0.25, -0.2) is 4.39 Å². The first-order valence-electron chi connectivity index (χ1n) is 11.0. The Bertz CT molecular complexity index is 861. The molecule has 0 bridgehead atoms. The summed E-state index contributed by atoms with van der Waals surface area (Å²) in [6, 6.07) is 4.03. The van der Waals surface area contributed by atoms with Crippen molar-refractivity contribution < 1.29 is 33.1 Å². The SMILES string of the molecule is CCOC(=O)Cc1cc(F)ccc1O[C@H](C)/C=C\C(B1OC(C)(C)C(C)(C)O1)=C(\O)CC. The van der Waals surface area contributed by atoms with Crippen molar-refractivity contribution in [3.63, 3.8) is 0 Å². The van der Waals surface area contributed by atoms with Gasteiger partial charge in [-0.1, -0.05) is 13.0 Å². The smallest absolute Gasteiger partial charge is 0.498 e. The van der Waals surface area contributed by atoms with Crippen LogP contribution in [0.5, 0.6) is 5.75 Å². The number of aliphatic hydroxyl groups is 1. The third kappa shape index (κ3) is 6.36. The Hall–Kier alpha value is -2.32. The Balaban J connectivity index is 2.19. The lowest BCUT2D eigenvalue weighted by atomic mass is 9.76. The summed E-state index contributed by atoms with van der Waals surface area (Å²) in [6.07, 6.45) is 3.36. The third-order valence-electron chi connectivity index (χ3n) is 5.70. The highest BCUT2D eigenvalue weighted by atomic mass is 19.1. The number of rotatable bonds is 9. The molecule has 2 rings (SSSR count). The van der Waals surface area contributed by atoms with E-state index in [1.165, 1.54) is 18.2 Å². The first kappa shape index (κ1) is 25.9. The number of carbonyl (C=O) groups is 1. The molecule has 1 aromatic carbocycles. The Morgan fingerprint density at radius 1 is 1.22 bits per heavy atom. The highest BCUT2D eigenvalue weighted by Crippen LogP contribution is 2.39. The molecule has 6 nitrogen and oxygen atoms in total. The molecule has 0 amide bonds. The molecule has 32 heavy (non-hydrogen) atoms. The van der Waals surface area contributed by atoms with E-state index in [4.69, 9.17) is 18.8 Å². The van der Waals surface area contributed by atoms with E-state index < -0.39 is 36.2 Å². The molecule has 1 aliphatic heterocycles. The van der Waals surface area contributed by atoms with Gasteiger partial charge in [0.1, 0.15) is 17.7 Å². The van der Waals surface area contributed by atoms with E-state index in [-0.39, 0.29) is 18.8 Å². The zero-order chi connectivity index (χ0) is 24.1. The third-order valence-corrected chi connectivity index (χ3v) is 5.70. The van der Waals surface area contributed by atoms with Crippen molar-refractivity contribution in [2.45, 2.75) is 78.6 Å². The number of benzene rings is 1. The van der Waals surface area contributed by atoms with Gasteiger partial charge in [0.05, 0.1) is 30.0 Å². The molecule has 1 N–H and O–H groups in total. The summed E-state index contributed by atoms with van der Waals surface area (Å²) in [4.78, 5) is 11.9. The van der Waals surface area contributed by atoms with Crippen molar-refractivity contribution in [2.24, 2.45) is 0 Å².